The molecule has 1 aliphatic carbocycles. The Bertz CT molecular complexity index is 448. The zero-order chi connectivity index (χ0) is 13.4. The predicted octanol–water partition coefficient (Wildman–Crippen LogP) is 3.24. The second kappa shape index (κ2) is 5.12. The molecule has 1 aromatic rings. The molecule has 3 rings (SSSR count). The van der Waals surface area contributed by atoms with Crippen molar-refractivity contribution in [1.29, 1.82) is 0 Å². The normalized spacial score (nSPS) is 30.6. The maximum absolute atomic E-state index is 13.9. The maximum Gasteiger partial charge on any atom is 0.167 e. The summed E-state index contributed by atoms with van der Waals surface area (Å²) < 4.78 is 19.8. The molecular formula is C16H22FNO. The molecule has 3 heteroatoms. The lowest BCUT2D eigenvalue weighted by molar-refractivity contribution is 0.179. The first kappa shape index (κ1) is 12.9. The number of halogens is 1. The first-order valence-corrected chi connectivity index (χ1v) is 7.31. The molecule has 104 valence electrons. The van der Waals surface area contributed by atoms with E-state index in [1.54, 1.807) is 19.1 Å². The number of fused-ring (bicyclic) bond motifs is 1. The van der Waals surface area contributed by atoms with Crippen LogP contribution in [0.4, 0.5) is 4.39 Å². The number of benzene rings is 1. The van der Waals surface area contributed by atoms with E-state index in [1.807, 2.05) is 6.07 Å². The van der Waals surface area contributed by atoms with E-state index in [2.05, 4.69) is 11.8 Å². The van der Waals surface area contributed by atoms with Gasteiger partial charge in [-0.15, -0.1) is 0 Å². The van der Waals surface area contributed by atoms with Crippen molar-refractivity contribution in [3.8, 4) is 5.75 Å². The summed E-state index contributed by atoms with van der Waals surface area (Å²) in [5, 5.41) is 0. The standard InChI is InChI=1S/C16H22FNO/c1-3-18-9-12-7-14(8-13(12)10-18)19-15-6-4-5-11(2)16(15)17/h4-6,12-14H,3,7-10H2,1-2H3/t12-,13+,14+. The van der Waals surface area contributed by atoms with Crippen molar-refractivity contribution < 1.29 is 9.13 Å². The molecule has 2 aliphatic rings. The third-order valence-corrected chi connectivity index (χ3v) is 4.68. The van der Waals surface area contributed by atoms with Gasteiger partial charge in [0.1, 0.15) is 0 Å². The van der Waals surface area contributed by atoms with Crippen LogP contribution in [0.5, 0.6) is 5.75 Å². The summed E-state index contributed by atoms with van der Waals surface area (Å²) in [6.07, 6.45) is 2.36. The molecule has 0 bridgehead atoms. The van der Waals surface area contributed by atoms with Gasteiger partial charge in [-0.2, -0.15) is 0 Å². The van der Waals surface area contributed by atoms with Gasteiger partial charge in [-0.25, -0.2) is 4.39 Å². The molecule has 19 heavy (non-hydrogen) atoms. The minimum Gasteiger partial charge on any atom is -0.487 e. The van der Waals surface area contributed by atoms with Crippen molar-refractivity contribution in [2.24, 2.45) is 11.8 Å². The van der Waals surface area contributed by atoms with Crippen LogP contribution in [0.25, 0.3) is 0 Å². The Labute approximate surface area is 114 Å². The van der Waals surface area contributed by atoms with Crippen LogP contribution in [0.2, 0.25) is 0 Å². The minimum atomic E-state index is -0.199. The fraction of sp³-hybridized carbons (Fsp3) is 0.625. The highest BCUT2D eigenvalue weighted by atomic mass is 19.1. The van der Waals surface area contributed by atoms with Crippen LogP contribution in [-0.4, -0.2) is 30.6 Å². The third kappa shape index (κ3) is 2.48. The van der Waals surface area contributed by atoms with Crippen LogP contribution >= 0.6 is 0 Å². The summed E-state index contributed by atoms with van der Waals surface area (Å²) in [7, 11) is 0. The van der Waals surface area contributed by atoms with Gasteiger partial charge in [0.05, 0.1) is 6.10 Å². The highest BCUT2D eigenvalue weighted by Gasteiger charge is 2.41. The largest absolute Gasteiger partial charge is 0.487 e. The van der Waals surface area contributed by atoms with Crippen LogP contribution in [0.15, 0.2) is 18.2 Å². The van der Waals surface area contributed by atoms with Crippen LogP contribution in [0.3, 0.4) is 0 Å². The van der Waals surface area contributed by atoms with Crippen molar-refractivity contribution in [1.82, 2.24) is 4.90 Å². The quantitative estimate of drug-likeness (QED) is 0.830. The lowest BCUT2D eigenvalue weighted by atomic mass is 10.0. The van der Waals surface area contributed by atoms with Gasteiger partial charge in [-0.1, -0.05) is 19.1 Å². The summed E-state index contributed by atoms with van der Waals surface area (Å²) in [4.78, 5) is 2.51. The van der Waals surface area contributed by atoms with Crippen molar-refractivity contribution in [3.05, 3.63) is 29.6 Å². The van der Waals surface area contributed by atoms with Crippen molar-refractivity contribution in [3.63, 3.8) is 0 Å². The Balaban J connectivity index is 1.63. The van der Waals surface area contributed by atoms with Crippen LogP contribution < -0.4 is 4.74 Å². The molecule has 1 aliphatic heterocycles. The lowest BCUT2D eigenvalue weighted by Crippen LogP contribution is -2.24. The number of rotatable bonds is 3. The molecule has 0 amide bonds. The van der Waals surface area contributed by atoms with E-state index in [-0.39, 0.29) is 11.9 Å². The van der Waals surface area contributed by atoms with Crippen molar-refractivity contribution >= 4 is 0 Å². The molecule has 1 saturated carbocycles. The van der Waals surface area contributed by atoms with Gasteiger partial charge >= 0.3 is 0 Å². The van der Waals surface area contributed by atoms with Gasteiger partial charge in [0, 0.05) is 13.1 Å². The van der Waals surface area contributed by atoms with Crippen LogP contribution in [0.1, 0.15) is 25.3 Å². The highest BCUT2D eigenvalue weighted by Crippen LogP contribution is 2.40. The van der Waals surface area contributed by atoms with E-state index in [0.717, 1.165) is 31.2 Å². The minimum absolute atomic E-state index is 0.199. The molecule has 3 atom stereocenters. The van der Waals surface area contributed by atoms with E-state index in [9.17, 15) is 4.39 Å². The number of nitrogens with zero attached hydrogens (tertiary/aromatic N) is 1. The molecule has 0 spiro atoms. The average Bonchev–Trinajstić information content (AvgIpc) is 2.92. The Morgan fingerprint density at radius 1 is 1.26 bits per heavy atom. The molecule has 1 heterocycles. The van der Waals surface area contributed by atoms with Crippen molar-refractivity contribution in [2.45, 2.75) is 32.8 Å². The van der Waals surface area contributed by atoms with Gasteiger partial charge in [0.15, 0.2) is 11.6 Å². The summed E-state index contributed by atoms with van der Waals surface area (Å²) in [6, 6.07) is 5.39. The predicted molar refractivity (Wildman–Crippen MR) is 73.9 cm³/mol. The Morgan fingerprint density at radius 3 is 2.58 bits per heavy atom. The average molecular weight is 263 g/mol. The van der Waals surface area contributed by atoms with E-state index in [0.29, 0.717) is 11.3 Å². The first-order valence-electron chi connectivity index (χ1n) is 7.31. The summed E-state index contributed by atoms with van der Waals surface area (Å²) in [5.74, 6) is 1.72. The topological polar surface area (TPSA) is 12.5 Å². The summed E-state index contributed by atoms with van der Waals surface area (Å²) in [5.41, 5.74) is 0.660. The molecule has 1 aromatic carbocycles. The van der Waals surface area contributed by atoms with E-state index in [1.165, 1.54) is 13.1 Å². The van der Waals surface area contributed by atoms with Gasteiger partial charge in [0.2, 0.25) is 0 Å². The molecule has 0 aromatic heterocycles. The van der Waals surface area contributed by atoms with E-state index in [4.69, 9.17) is 4.74 Å². The zero-order valence-electron chi connectivity index (χ0n) is 11.7. The van der Waals surface area contributed by atoms with Crippen LogP contribution in [0, 0.1) is 24.6 Å². The molecule has 0 unspecified atom stereocenters. The number of hydrogen-bond acceptors (Lipinski definition) is 2. The van der Waals surface area contributed by atoms with Gasteiger partial charge in [0.25, 0.3) is 0 Å². The lowest BCUT2D eigenvalue weighted by Gasteiger charge is -2.18. The molecule has 0 radical (unpaired) electrons. The second-order valence-electron chi connectivity index (χ2n) is 5.97. The Hall–Kier alpha value is -1.09. The molecular weight excluding hydrogens is 241 g/mol. The van der Waals surface area contributed by atoms with E-state index < -0.39 is 0 Å². The van der Waals surface area contributed by atoms with E-state index >= 15 is 0 Å². The zero-order valence-corrected chi connectivity index (χ0v) is 11.7. The Morgan fingerprint density at radius 2 is 1.95 bits per heavy atom. The van der Waals surface area contributed by atoms with Crippen LogP contribution in [-0.2, 0) is 0 Å². The Kier molecular flexibility index (Phi) is 3.48. The highest BCUT2D eigenvalue weighted by molar-refractivity contribution is 5.30. The monoisotopic (exact) mass is 263 g/mol. The third-order valence-electron chi connectivity index (χ3n) is 4.68. The fourth-order valence-corrected chi connectivity index (χ4v) is 3.59. The second-order valence-corrected chi connectivity index (χ2v) is 5.97. The van der Waals surface area contributed by atoms with Crippen molar-refractivity contribution in [2.75, 3.05) is 19.6 Å². The fourth-order valence-electron chi connectivity index (χ4n) is 3.59. The molecule has 1 saturated heterocycles. The first-order chi connectivity index (χ1) is 9.17. The van der Waals surface area contributed by atoms with Gasteiger partial charge in [-0.05, 0) is 49.8 Å². The number of aryl methyl sites for hydroxylation is 1. The molecule has 0 N–H and O–H groups in total. The SMILES string of the molecule is CCN1C[C@H]2C[C@H](Oc3cccc(C)c3F)C[C@H]2C1. The van der Waals surface area contributed by atoms with Gasteiger partial charge in [-0.3, -0.25) is 0 Å². The molecule has 2 nitrogen and oxygen atoms in total. The number of likely N-dealkylation sites (tertiary alicyclic amines) is 1. The smallest absolute Gasteiger partial charge is 0.167 e. The summed E-state index contributed by atoms with van der Waals surface area (Å²) in [6.45, 7) is 7.53. The number of ether oxygens (including phenoxy) is 1. The van der Waals surface area contributed by atoms with Gasteiger partial charge < -0.3 is 9.64 Å². The molecule has 2 fully saturated rings. The summed E-state index contributed by atoms with van der Waals surface area (Å²) >= 11 is 0. The number of hydrogen-bond donors (Lipinski definition) is 0. The maximum atomic E-state index is 13.9.